The summed E-state index contributed by atoms with van der Waals surface area (Å²) in [7, 11) is 8.69. The van der Waals surface area contributed by atoms with Crippen LogP contribution in [0.15, 0.2) is 48.6 Å². The maximum absolute atomic E-state index is 10.3. The van der Waals surface area contributed by atoms with Crippen LogP contribution >= 0.6 is 0 Å². The van der Waals surface area contributed by atoms with E-state index in [0.717, 1.165) is 51.4 Å². The van der Waals surface area contributed by atoms with Crippen LogP contribution in [-0.4, -0.2) is 73.2 Å². The molecule has 0 aliphatic carbocycles. The number of nitrogens with zero attached hydrogens (tertiary/aromatic N) is 2. The highest BCUT2D eigenvalue weighted by Gasteiger charge is 2.00. The maximum atomic E-state index is 10.3. The van der Waals surface area contributed by atoms with Crippen molar-refractivity contribution >= 4 is 11.9 Å². The fourth-order valence-corrected chi connectivity index (χ4v) is 10.1. The molecule has 488 valence electrons. The van der Waals surface area contributed by atoms with Gasteiger partial charge in [-0.2, -0.15) is 0 Å². The summed E-state index contributed by atoms with van der Waals surface area (Å²) in [5.41, 5.74) is 0. The van der Waals surface area contributed by atoms with Crippen LogP contribution in [0.25, 0.3) is 0 Å². The van der Waals surface area contributed by atoms with E-state index >= 15 is 0 Å². The van der Waals surface area contributed by atoms with Gasteiger partial charge in [0.2, 0.25) is 0 Å². The Hall–Kier alpha value is -2.18. The standard InChI is InChI=1S/2C20H43N.2C18H32O2/c2*1-4-5-6-7-8-9-10-11-12-13-14-15-16-17-18-19-20-21(2)3;2*1-2-3-4-5-6-7-8-9-10-11-12-13-14-15-16-17-18(19)20/h2*4-20H2,1-3H3;2*6-7,9-10H,2-5,8,11-17H2,1H3,(H,19,20)/b;;2*7-6-,10-9-. The Morgan fingerprint density at radius 2 is 0.415 bits per heavy atom. The largest absolute Gasteiger partial charge is 0.481 e. The zero-order chi connectivity index (χ0) is 61.0. The highest BCUT2D eigenvalue weighted by molar-refractivity contribution is 5.66. The lowest BCUT2D eigenvalue weighted by Crippen LogP contribution is -2.12. The quantitative estimate of drug-likeness (QED) is 0.0467. The van der Waals surface area contributed by atoms with Crippen molar-refractivity contribution in [3.8, 4) is 0 Å². The molecule has 0 aliphatic heterocycles. The molecule has 6 nitrogen and oxygen atoms in total. The van der Waals surface area contributed by atoms with Crippen LogP contribution in [0.5, 0.6) is 0 Å². The SMILES string of the molecule is CCCCC/C=C\C/C=C\CCCCCCCC(=O)O.CCCCC/C=C\C/C=C\CCCCCCCC(=O)O.CCCCCCCCCCCCCCCCCCN(C)C.CCCCCCCCCCCCCCCCCCN(C)C. The summed E-state index contributed by atoms with van der Waals surface area (Å²) in [6.07, 6.45) is 91.2. The molecule has 0 saturated carbocycles. The van der Waals surface area contributed by atoms with E-state index in [1.807, 2.05) is 0 Å². The van der Waals surface area contributed by atoms with Crippen LogP contribution in [-0.2, 0) is 9.59 Å². The Labute approximate surface area is 516 Å². The third-order valence-corrected chi connectivity index (χ3v) is 15.6. The van der Waals surface area contributed by atoms with Gasteiger partial charge in [0.1, 0.15) is 0 Å². The molecule has 0 amide bonds. The second-order valence-electron chi connectivity index (χ2n) is 25.0. The first-order valence-corrected chi connectivity index (χ1v) is 36.4. The number of unbranched alkanes of at least 4 members (excludes halogenated alkanes) is 46. The molecule has 0 spiro atoms. The molecule has 82 heavy (non-hydrogen) atoms. The minimum atomic E-state index is -0.671. The highest BCUT2D eigenvalue weighted by Crippen LogP contribution is 2.16. The number of carboxylic acids is 2. The maximum Gasteiger partial charge on any atom is 0.303 e. The number of aliphatic carboxylic acids is 2. The van der Waals surface area contributed by atoms with Crippen molar-refractivity contribution in [1.82, 2.24) is 9.80 Å². The van der Waals surface area contributed by atoms with E-state index in [1.165, 1.54) is 308 Å². The van der Waals surface area contributed by atoms with Crippen molar-refractivity contribution in [2.24, 2.45) is 0 Å². The Morgan fingerprint density at radius 3 is 0.622 bits per heavy atom. The number of hydrogen-bond acceptors (Lipinski definition) is 4. The minimum absolute atomic E-state index is 0.324. The Balaban J connectivity index is -0.000000495. The summed E-state index contributed by atoms with van der Waals surface area (Å²) in [4.78, 5) is 25.2. The predicted octanol–water partition coefficient (Wildman–Crippen LogP) is 25.4. The first kappa shape index (κ1) is 86.3. The Morgan fingerprint density at radius 1 is 0.244 bits per heavy atom. The van der Waals surface area contributed by atoms with Crippen molar-refractivity contribution in [2.75, 3.05) is 41.3 Å². The minimum Gasteiger partial charge on any atom is -0.481 e. The lowest BCUT2D eigenvalue weighted by atomic mass is 10.0. The number of hydrogen-bond donors (Lipinski definition) is 2. The van der Waals surface area contributed by atoms with Gasteiger partial charge in [0.15, 0.2) is 0 Å². The summed E-state index contributed by atoms with van der Waals surface area (Å²) in [5, 5.41) is 17.0. The Kier molecular flexibility index (Phi) is 87.3. The van der Waals surface area contributed by atoms with Crippen molar-refractivity contribution in [2.45, 2.75) is 387 Å². The van der Waals surface area contributed by atoms with Gasteiger partial charge in [-0.1, -0.05) is 333 Å². The van der Waals surface area contributed by atoms with Crippen LogP contribution in [0, 0.1) is 0 Å². The van der Waals surface area contributed by atoms with E-state index < -0.39 is 11.9 Å². The molecule has 0 aromatic heterocycles. The van der Waals surface area contributed by atoms with E-state index in [4.69, 9.17) is 10.2 Å². The van der Waals surface area contributed by atoms with E-state index in [-0.39, 0.29) is 0 Å². The molecule has 0 bridgehead atoms. The molecule has 0 radical (unpaired) electrons. The number of allylic oxidation sites excluding steroid dienone is 8. The van der Waals surface area contributed by atoms with E-state index in [2.05, 4.69) is 114 Å². The summed E-state index contributed by atoms with van der Waals surface area (Å²) < 4.78 is 0. The van der Waals surface area contributed by atoms with Crippen molar-refractivity contribution in [3.63, 3.8) is 0 Å². The smallest absolute Gasteiger partial charge is 0.303 e. The summed E-state index contributed by atoms with van der Waals surface area (Å²) >= 11 is 0. The average Bonchev–Trinajstić information content (AvgIpc) is 3.45. The van der Waals surface area contributed by atoms with Crippen molar-refractivity contribution in [1.29, 1.82) is 0 Å². The molecule has 0 atom stereocenters. The number of carbonyl (C=O) groups is 2. The first-order chi connectivity index (χ1) is 40.1. The zero-order valence-electron chi connectivity index (χ0n) is 57.2. The van der Waals surface area contributed by atoms with Crippen LogP contribution in [0.4, 0.5) is 0 Å². The Bertz CT molecular complexity index is 1180. The van der Waals surface area contributed by atoms with Gasteiger partial charge in [0.25, 0.3) is 0 Å². The monoisotopic (exact) mass is 1160 g/mol. The topological polar surface area (TPSA) is 81.1 Å². The fourth-order valence-electron chi connectivity index (χ4n) is 10.1. The lowest BCUT2D eigenvalue weighted by Gasteiger charge is -2.08. The average molecular weight is 1160 g/mol. The van der Waals surface area contributed by atoms with Gasteiger partial charge in [-0.15, -0.1) is 0 Å². The van der Waals surface area contributed by atoms with E-state index in [1.54, 1.807) is 0 Å². The zero-order valence-corrected chi connectivity index (χ0v) is 57.2. The van der Waals surface area contributed by atoms with Crippen LogP contribution in [0.2, 0.25) is 0 Å². The summed E-state index contributed by atoms with van der Waals surface area (Å²) in [6.45, 7) is 11.6. The molecular weight excluding hydrogens is 1000 g/mol. The molecular formula is C76H150N2O4. The van der Waals surface area contributed by atoms with Gasteiger partial charge < -0.3 is 20.0 Å². The van der Waals surface area contributed by atoms with E-state index in [9.17, 15) is 9.59 Å². The molecule has 6 heteroatoms. The summed E-state index contributed by atoms with van der Waals surface area (Å²) in [6, 6.07) is 0. The molecule has 2 N–H and O–H groups in total. The highest BCUT2D eigenvalue weighted by atomic mass is 16.4. The molecule has 0 fully saturated rings. The van der Waals surface area contributed by atoms with Crippen LogP contribution < -0.4 is 0 Å². The number of carboxylic acid groups (broad SMARTS) is 2. The van der Waals surface area contributed by atoms with Crippen molar-refractivity contribution < 1.29 is 19.8 Å². The van der Waals surface area contributed by atoms with Crippen LogP contribution in [0.1, 0.15) is 387 Å². The van der Waals surface area contributed by atoms with Gasteiger partial charge >= 0.3 is 11.9 Å². The van der Waals surface area contributed by atoms with E-state index in [0.29, 0.717) is 12.8 Å². The fraction of sp³-hybridized carbons (Fsp3) is 0.868. The van der Waals surface area contributed by atoms with Gasteiger partial charge in [-0.3, -0.25) is 9.59 Å². The second-order valence-corrected chi connectivity index (χ2v) is 25.0. The third kappa shape index (κ3) is 99.8. The van der Waals surface area contributed by atoms with Gasteiger partial charge in [-0.05, 0) is 131 Å². The molecule has 0 rings (SSSR count). The molecule has 0 heterocycles. The first-order valence-electron chi connectivity index (χ1n) is 36.4. The van der Waals surface area contributed by atoms with Crippen molar-refractivity contribution in [3.05, 3.63) is 48.6 Å². The third-order valence-electron chi connectivity index (χ3n) is 15.6. The lowest BCUT2D eigenvalue weighted by molar-refractivity contribution is -0.138. The van der Waals surface area contributed by atoms with Gasteiger partial charge in [0.05, 0.1) is 0 Å². The molecule has 0 aliphatic rings. The number of rotatable bonds is 62. The van der Waals surface area contributed by atoms with Gasteiger partial charge in [0, 0.05) is 12.8 Å². The normalized spacial score (nSPS) is 11.5. The molecule has 0 aromatic carbocycles. The molecule has 0 unspecified atom stereocenters. The van der Waals surface area contributed by atoms with Crippen LogP contribution in [0.3, 0.4) is 0 Å². The predicted molar refractivity (Wildman–Crippen MR) is 370 cm³/mol. The van der Waals surface area contributed by atoms with Gasteiger partial charge in [-0.25, -0.2) is 0 Å². The second kappa shape index (κ2) is 83.0. The molecule has 0 saturated heterocycles. The summed E-state index contributed by atoms with van der Waals surface area (Å²) in [5.74, 6) is -1.34. The molecule has 0 aromatic rings.